The molecule has 0 N–H and O–H groups in total. The van der Waals surface area contributed by atoms with E-state index in [0.29, 0.717) is 24.4 Å². The minimum absolute atomic E-state index is 0.282. The summed E-state index contributed by atoms with van der Waals surface area (Å²) < 4.78 is 2.11. The zero-order valence-corrected chi connectivity index (χ0v) is 18.6. The molecule has 2 aromatic rings. The number of fused-ring (bicyclic) bond motifs is 2. The molecule has 0 aromatic heterocycles. The molecule has 0 spiro atoms. The zero-order chi connectivity index (χ0) is 19.3. The smallest absolute Gasteiger partial charge is 0.147 e. The van der Waals surface area contributed by atoms with Crippen molar-refractivity contribution in [3.8, 4) is 0 Å². The molecule has 0 atom stereocenters. The second-order valence-electron chi connectivity index (χ2n) is 8.05. The maximum Gasteiger partial charge on any atom is 0.147 e. The van der Waals surface area contributed by atoms with Gasteiger partial charge in [0, 0.05) is 32.6 Å². The quantitative estimate of drug-likeness (QED) is 0.487. The number of carbonyl (C=O) groups is 2. The van der Waals surface area contributed by atoms with Gasteiger partial charge in [-0.15, -0.1) is 0 Å². The van der Waals surface area contributed by atoms with Crippen LogP contribution in [-0.2, 0) is 33.3 Å². The molecule has 0 saturated carbocycles. The average Bonchev–Trinajstić information content (AvgIpc) is 2.89. The number of carbonyl (C=O) groups excluding carboxylic acids is 2. The van der Waals surface area contributed by atoms with E-state index in [2.05, 4.69) is 31.9 Å². The first-order valence-corrected chi connectivity index (χ1v) is 10.3. The van der Waals surface area contributed by atoms with E-state index in [1.54, 1.807) is 0 Å². The lowest BCUT2D eigenvalue weighted by atomic mass is 9.86. The van der Waals surface area contributed by atoms with Gasteiger partial charge in [0.1, 0.15) is 11.6 Å². The summed E-state index contributed by atoms with van der Waals surface area (Å²) in [6.45, 7) is 7.98. The lowest BCUT2D eigenvalue weighted by molar-refractivity contribution is -0.122. The van der Waals surface area contributed by atoms with Crippen LogP contribution < -0.4 is 0 Å². The van der Waals surface area contributed by atoms with Crippen LogP contribution in [0.25, 0.3) is 0 Å². The molecular formula is C22H22Br2O2. The summed E-state index contributed by atoms with van der Waals surface area (Å²) in [6, 6.07) is 12.2. The summed E-state index contributed by atoms with van der Waals surface area (Å²) >= 11 is 6.82. The molecule has 0 aliphatic heterocycles. The molecule has 4 rings (SSSR count). The molecule has 136 valence electrons. The molecule has 2 nitrogen and oxygen atoms in total. The summed E-state index contributed by atoms with van der Waals surface area (Å²) in [5.41, 5.74) is 4.14. The number of hydrogen-bond donors (Lipinski definition) is 0. The highest BCUT2D eigenvalue weighted by Crippen LogP contribution is 2.37. The first-order valence-electron chi connectivity index (χ1n) is 8.68. The monoisotopic (exact) mass is 476 g/mol. The van der Waals surface area contributed by atoms with Crippen LogP contribution >= 0.6 is 31.9 Å². The number of hydrogen-bond acceptors (Lipinski definition) is 2. The Hall–Kier alpha value is -1.26. The SMILES string of the molecule is CC1(C)C(=O)Cc2cc(Br)ccc21.CC1(C)C(=O)Cc2cc(Br)ccc21. The Morgan fingerprint density at radius 3 is 1.38 bits per heavy atom. The minimum atomic E-state index is -0.282. The third-order valence-electron chi connectivity index (χ3n) is 5.58. The maximum absolute atomic E-state index is 11.6. The highest BCUT2D eigenvalue weighted by atomic mass is 79.9. The van der Waals surface area contributed by atoms with Crippen LogP contribution in [0, 0.1) is 0 Å². The van der Waals surface area contributed by atoms with E-state index < -0.39 is 0 Å². The van der Waals surface area contributed by atoms with E-state index in [0.717, 1.165) is 8.95 Å². The Morgan fingerprint density at radius 1 is 0.692 bits per heavy atom. The van der Waals surface area contributed by atoms with Gasteiger partial charge in [-0.3, -0.25) is 9.59 Å². The van der Waals surface area contributed by atoms with Crippen molar-refractivity contribution in [3.63, 3.8) is 0 Å². The first-order chi connectivity index (χ1) is 12.0. The van der Waals surface area contributed by atoms with E-state index in [4.69, 9.17) is 0 Å². The summed E-state index contributed by atoms with van der Waals surface area (Å²) in [5.74, 6) is 0.640. The van der Waals surface area contributed by atoms with Crippen LogP contribution in [0.2, 0.25) is 0 Å². The van der Waals surface area contributed by atoms with Crippen LogP contribution in [0.15, 0.2) is 45.3 Å². The van der Waals surface area contributed by atoms with Gasteiger partial charge < -0.3 is 0 Å². The van der Waals surface area contributed by atoms with Gasteiger partial charge >= 0.3 is 0 Å². The third kappa shape index (κ3) is 3.34. The van der Waals surface area contributed by atoms with Gasteiger partial charge in [-0.25, -0.2) is 0 Å². The van der Waals surface area contributed by atoms with Gasteiger partial charge in [-0.05, 0) is 74.2 Å². The number of ketones is 2. The van der Waals surface area contributed by atoms with Crippen molar-refractivity contribution < 1.29 is 9.59 Å². The van der Waals surface area contributed by atoms with E-state index in [1.165, 1.54) is 22.3 Å². The Labute approximate surface area is 171 Å². The Kier molecular flexibility index (Phi) is 5.04. The lowest BCUT2D eigenvalue weighted by Gasteiger charge is -2.16. The van der Waals surface area contributed by atoms with Crippen molar-refractivity contribution in [1.29, 1.82) is 0 Å². The summed E-state index contributed by atoms with van der Waals surface area (Å²) in [6.07, 6.45) is 1.17. The van der Waals surface area contributed by atoms with Gasteiger partial charge in [0.05, 0.1) is 0 Å². The topological polar surface area (TPSA) is 34.1 Å². The first kappa shape index (κ1) is 19.5. The lowest BCUT2D eigenvalue weighted by Crippen LogP contribution is -2.23. The largest absolute Gasteiger partial charge is 0.298 e. The molecule has 2 aliphatic rings. The number of rotatable bonds is 0. The molecule has 0 heterocycles. The number of Topliss-reactive ketones (excluding diaryl/α,β-unsaturated/α-hetero) is 2. The minimum Gasteiger partial charge on any atom is -0.298 e. The predicted molar refractivity (Wildman–Crippen MR) is 112 cm³/mol. The van der Waals surface area contributed by atoms with Crippen LogP contribution in [0.1, 0.15) is 49.9 Å². The van der Waals surface area contributed by atoms with E-state index in [9.17, 15) is 9.59 Å². The second kappa shape index (κ2) is 6.72. The third-order valence-corrected chi connectivity index (χ3v) is 6.56. The van der Waals surface area contributed by atoms with Gasteiger partial charge in [0.25, 0.3) is 0 Å². The fraction of sp³-hybridized carbons (Fsp3) is 0.364. The van der Waals surface area contributed by atoms with Crippen LogP contribution in [0.5, 0.6) is 0 Å². The molecule has 0 radical (unpaired) electrons. The molecule has 0 unspecified atom stereocenters. The maximum atomic E-state index is 11.6. The van der Waals surface area contributed by atoms with Crippen LogP contribution in [-0.4, -0.2) is 11.6 Å². The molecule has 0 fully saturated rings. The molecule has 0 saturated heterocycles. The Morgan fingerprint density at radius 2 is 1.04 bits per heavy atom. The van der Waals surface area contributed by atoms with E-state index >= 15 is 0 Å². The van der Waals surface area contributed by atoms with Crippen molar-refractivity contribution in [2.24, 2.45) is 0 Å². The zero-order valence-electron chi connectivity index (χ0n) is 15.5. The molecule has 2 aromatic carbocycles. The molecule has 26 heavy (non-hydrogen) atoms. The summed E-state index contributed by atoms with van der Waals surface area (Å²) in [4.78, 5) is 23.3. The van der Waals surface area contributed by atoms with Gasteiger partial charge in [0.15, 0.2) is 0 Å². The van der Waals surface area contributed by atoms with Crippen molar-refractivity contribution in [3.05, 3.63) is 67.6 Å². The van der Waals surface area contributed by atoms with Gasteiger partial charge in [-0.2, -0.15) is 0 Å². The van der Waals surface area contributed by atoms with Crippen molar-refractivity contribution in [2.75, 3.05) is 0 Å². The molecule has 4 heteroatoms. The average molecular weight is 478 g/mol. The standard InChI is InChI=1S/2C11H11BrO/c2*1-11(2)9-4-3-8(12)5-7(9)6-10(11)13/h2*3-5H,6H2,1-2H3. The van der Waals surface area contributed by atoms with Gasteiger partial charge in [-0.1, -0.05) is 44.0 Å². The molecular weight excluding hydrogens is 456 g/mol. The van der Waals surface area contributed by atoms with Crippen molar-refractivity contribution in [2.45, 2.75) is 51.4 Å². The van der Waals surface area contributed by atoms with Crippen molar-refractivity contribution in [1.82, 2.24) is 0 Å². The van der Waals surface area contributed by atoms with Crippen LogP contribution in [0.4, 0.5) is 0 Å². The molecule has 0 bridgehead atoms. The van der Waals surface area contributed by atoms with Crippen LogP contribution in [0.3, 0.4) is 0 Å². The summed E-state index contributed by atoms with van der Waals surface area (Å²) in [7, 11) is 0. The normalized spacial score (nSPS) is 18.8. The number of halogens is 2. The second-order valence-corrected chi connectivity index (χ2v) is 9.88. The Bertz CT molecular complexity index is 835. The highest BCUT2D eigenvalue weighted by molar-refractivity contribution is 9.10. The Balaban J connectivity index is 0.000000151. The van der Waals surface area contributed by atoms with Crippen molar-refractivity contribution >= 4 is 43.4 Å². The highest BCUT2D eigenvalue weighted by Gasteiger charge is 2.38. The summed E-state index contributed by atoms with van der Waals surface area (Å²) in [5, 5.41) is 0. The number of benzene rings is 2. The molecule has 0 amide bonds. The predicted octanol–water partition coefficient (Wildman–Crippen LogP) is 5.70. The molecule has 2 aliphatic carbocycles. The fourth-order valence-corrected chi connectivity index (χ4v) is 4.54. The van der Waals surface area contributed by atoms with E-state index in [1.807, 2.05) is 64.1 Å². The van der Waals surface area contributed by atoms with E-state index in [-0.39, 0.29) is 10.8 Å². The fourth-order valence-electron chi connectivity index (χ4n) is 3.72. The van der Waals surface area contributed by atoms with Gasteiger partial charge in [0.2, 0.25) is 0 Å².